The lowest BCUT2D eigenvalue weighted by Gasteiger charge is -2.34. The summed E-state index contributed by atoms with van der Waals surface area (Å²) >= 11 is 0. The SMILES string of the molecule is NC(=O)C1CCCN(C(=O)C2CCNCC2)C1. The fourth-order valence-electron chi connectivity index (χ4n) is 2.74. The van der Waals surface area contributed by atoms with E-state index in [1.165, 1.54) is 0 Å². The number of amides is 2. The minimum Gasteiger partial charge on any atom is -0.369 e. The Hall–Kier alpha value is -1.10. The third-order valence-electron chi connectivity index (χ3n) is 3.82. The zero-order valence-corrected chi connectivity index (χ0v) is 10.2. The number of hydrogen-bond acceptors (Lipinski definition) is 3. The quantitative estimate of drug-likeness (QED) is 0.695. The summed E-state index contributed by atoms with van der Waals surface area (Å²) in [5.74, 6) is -0.0532. The standard InChI is InChI=1S/C12H21N3O2/c13-11(16)10-2-1-7-15(8-10)12(17)9-3-5-14-6-4-9/h9-10,14H,1-8H2,(H2,13,16). The zero-order valence-electron chi connectivity index (χ0n) is 10.2. The first-order valence-electron chi connectivity index (χ1n) is 6.47. The van der Waals surface area contributed by atoms with Crippen molar-refractivity contribution in [3.63, 3.8) is 0 Å². The molecule has 2 amide bonds. The number of piperidine rings is 2. The van der Waals surface area contributed by atoms with Crippen molar-refractivity contribution < 1.29 is 9.59 Å². The predicted molar refractivity (Wildman–Crippen MR) is 64.1 cm³/mol. The van der Waals surface area contributed by atoms with Gasteiger partial charge >= 0.3 is 0 Å². The van der Waals surface area contributed by atoms with Crippen LogP contribution in [0, 0.1) is 11.8 Å². The summed E-state index contributed by atoms with van der Waals surface area (Å²) < 4.78 is 0. The molecule has 17 heavy (non-hydrogen) atoms. The molecule has 2 rings (SSSR count). The topological polar surface area (TPSA) is 75.4 Å². The molecule has 2 aliphatic heterocycles. The van der Waals surface area contributed by atoms with Crippen molar-refractivity contribution in [2.24, 2.45) is 17.6 Å². The highest BCUT2D eigenvalue weighted by Gasteiger charge is 2.31. The highest BCUT2D eigenvalue weighted by atomic mass is 16.2. The van der Waals surface area contributed by atoms with Gasteiger partial charge in [-0.05, 0) is 38.8 Å². The summed E-state index contributed by atoms with van der Waals surface area (Å²) in [5.41, 5.74) is 5.32. The second kappa shape index (κ2) is 5.49. The van der Waals surface area contributed by atoms with Crippen molar-refractivity contribution in [3.05, 3.63) is 0 Å². The van der Waals surface area contributed by atoms with Crippen molar-refractivity contribution in [2.45, 2.75) is 25.7 Å². The third kappa shape index (κ3) is 2.97. The van der Waals surface area contributed by atoms with Crippen LogP contribution in [0.25, 0.3) is 0 Å². The van der Waals surface area contributed by atoms with Gasteiger partial charge < -0.3 is 16.0 Å². The van der Waals surface area contributed by atoms with E-state index < -0.39 is 0 Å². The first-order valence-corrected chi connectivity index (χ1v) is 6.47. The summed E-state index contributed by atoms with van der Waals surface area (Å²) in [4.78, 5) is 25.3. The molecule has 0 spiro atoms. The van der Waals surface area contributed by atoms with E-state index >= 15 is 0 Å². The van der Waals surface area contributed by atoms with Gasteiger partial charge in [-0.2, -0.15) is 0 Å². The van der Waals surface area contributed by atoms with E-state index in [1.807, 2.05) is 4.90 Å². The fraction of sp³-hybridized carbons (Fsp3) is 0.833. The van der Waals surface area contributed by atoms with Crippen LogP contribution in [-0.2, 0) is 9.59 Å². The van der Waals surface area contributed by atoms with Crippen LogP contribution in [-0.4, -0.2) is 42.9 Å². The minimum atomic E-state index is -0.271. The molecule has 1 unspecified atom stereocenters. The van der Waals surface area contributed by atoms with E-state index in [4.69, 9.17) is 5.73 Å². The van der Waals surface area contributed by atoms with Gasteiger partial charge in [-0.25, -0.2) is 0 Å². The van der Waals surface area contributed by atoms with Gasteiger partial charge in [-0.3, -0.25) is 9.59 Å². The molecule has 0 aromatic heterocycles. The highest BCUT2D eigenvalue weighted by molar-refractivity contribution is 5.81. The average Bonchev–Trinajstić information content (AvgIpc) is 2.39. The molecule has 3 N–H and O–H groups in total. The van der Waals surface area contributed by atoms with E-state index in [9.17, 15) is 9.59 Å². The highest BCUT2D eigenvalue weighted by Crippen LogP contribution is 2.21. The van der Waals surface area contributed by atoms with Crippen molar-refractivity contribution in [1.82, 2.24) is 10.2 Å². The molecule has 0 saturated carbocycles. The number of primary amides is 1. The van der Waals surface area contributed by atoms with E-state index in [2.05, 4.69) is 5.32 Å². The number of hydrogen-bond donors (Lipinski definition) is 2. The molecule has 2 aliphatic rings. The summed E-state index contributed by atoms with van der Waals surface area (Å²) in [7, 11) is 0. The Morgan fingerprint density at radius 2 is 1.82 bits per heavy atom. The number of rotatable bonds is 2. The fourth-order valence-corrected chi connectivity index (χ4v) is 2.74. The lowest BCUT2D eigenvalue weighted by atomic mass is 9.92. The molecule has 2 heterocycles. The summed E-state index contributed by atoms with van der Waals surface area (Å²) in [6, 6.07) is 0. The summed E-state index contributed by atoms with van der Waals surface area (Å²) in [5, 5.41) is 3.25. The number of carbonyl (C=O) groups is 2. The van der Waals surface area contributed by atoms with Crippen LogP contribution in [0.3, 0.4) is 0 Å². The first kappa shape index (κ1) is 12.4. The maximum absolute atomic E-state index is 12.3. The molecule has 96 valence electrons. The Morgan fingerprint density at radius 1 is 1.12 bits per heavy atom. The molecule has 5 heteroatoms. The van der Waals surface area contributed by atoms with Crippen molar-refractivity contribution in [2.75, 3.05) is 26.2 Å². The van der Waals surface area contributed by atoms with Crippen LogP contribution in [0.1, 0.15) is 25.7 Å². The van der Waals surface area contributed by atoms with Crippen LogP contribution >= 0.6 is 0 Å². The number of carbonyl (C=O) groups excluding carboxylic acids is 2. The largest absolute Gasteiger partial charge is 0.369 e. The van der Waals surface area contributed by atoms with Gasteiger partial charge in [-0.15, -0.1) is 0 Å². The molecule has 0 bridgehead atoms. The Balaban J connectivity index is 1.91. The second-order valence-electron chi connectivity index (χ2n) is 5.05. The molecule has 0 aliphatic carbocycles. The number of nitrogens with zero attached hydrogens (tertiary/aromatic N) is 1. The van der Waals surface area contributed by atoms with Crippen molar-refractivity contribution >= 4 is 11.8 Å². The van der Waals surface area contributed by atoms with Gasteiger partial charge in [0, 0.05) is 19.0 Å². The lowest BCUT2D eigenvalue weighted by molar-refractivity contribution is -0.139. The van der Waals surface area contributed by atoms with E-state index in [0.717, 1.165) is 45.3 Å². The molecular formula is C12H21N3O2. The monoisotopic (exact) mass is 239 g/mol. The van der Waals surface area contributed by atoms with Gasteiger partial charge in [0.15, 0.2) is 0 Å². The average molecular weight is 239 g/mol. The number of likely N-dealkylation sites (tertiary alicyclic amines) is 1. The smallest absolute Gasteiger partial charge is 0.225 e. The molecule has 0 aromatic rings. The van der Waals surface area contributed by atoms with Crippen molar-refractivity contribution in [1.29, 1.82) is 0 Å². The van der Waals surface area contributed by atoms with Crippen molar-refractivity contribution in [3.8, 4) is 0 Å². The zero-order chi connectivity index (χ0) is 12.3. The van der Waals surface area contributed by atoms with Gasteiger partial charge in [0.25, 0.3) is 0 Å². The molecule has 0 aromatic carbocycles. The normalized spacial score (nSPS) is 26.8. The predicted octanol–water partition coefficient (Wildman–Crippen LogP) is -0.290. The maximum Gasteiger partial charge on any atom is 0.225 e. The van der Waals surface area contributed by atoms with E-state index in [-0.39, 0.29) is 23.7 Å². The first-order chi connectivity index (χ1) is 8.18. The Morgan fingerprint density at radius 3 is 2.47 bits per heavy atom. The van der Waals surface area contributed by atoms with Crippen LogP contribution in [0.5, 0.6) is 0 Å². The molecule has 2 saturated heterocycles. The van der Waals surface area contributed by atoms with Gasteiger partial charge in [0.1, 0.15) is 0 Å². The van der Waals surface area contributed by atoms with E-state index in [1.54, 1.807) is 0 Å². The Labute approximate surface area is 102 Å². The lowest BCUT2D eigenvalue weighted by Crippen LogP contribution is -2.47. The summed E-state index contributed by atoms with van der Waals surface area (Å²) in [6.45, 7) is 3.15. The number of nitrogens with one attached hydrogen (secondary N) is 1. The molecule has 1 atom stereocenters. The molecule has 0 radical (unpaired) electrons. The van der Waals surface area contributed by atoms with Crippen LogP contribution < -0.4 is 11.1 Å². The second-order valence-corrected chi connectivity index (χ2v) is 5.05. The number of nitrogens with two attached hydrogens (primary N) is 1. The third-order valence-corrected chi connectivity index (χ3v) is 3.82. The molecule has 2 fully saturated rings. The van der Waals surface area contributed by atoms with Crippen LogP contribution in [0.2, 0.25) is 0 Å². The maximum atomic E-state index is 12.3. The summed E-state index contributed by atoms with van der Waals surface area (Å²) in [6.07, 6.45) is 3.54. The van der Waals surface area contributed by atoms with Crippen LogP contribution in [0.15, 0.2) is 0 Å². The Kier molecular flexibility index (Phi) is 3.99. The van der Waals surface area contributed by atoms with Gasteiger partial charge in [0.2, 0.25) is 11.8 Å². The Bertz CT molecular complexity index is 300. The van der Waals surface area contributed by atoms with E-state index in [0.29, 0.717) is 6.54 Å². The minimum absolute atomic E-state index is 0.142. The van der Waals surface area contributed by atoms with Gasteiger partial charge in [-0.1, -0.05) is 0 Å². The molecule has 5 nitrogen and oxygen atoms in total. The van der Waals surface area contributed by atoms with Gasteiger partial charge in [0.05, 0.1) is 5.92 Å². The van der Waals surface area contributed by atoms with Crippen LogP contribution in [0.4, 0.5) is 0 Å². The molecular weight excluding hydrogens is 218 g/mol.